The highest BCUT2D eigenvalue weighted by molar-refractivity contribution is 6.07. The molecule has 1 amide bonds. The summed E-state index contributed by atoms with van der Waals surface area (Å²) in [6, 6.07) is 12.3. The zero-order valence-corrected chi connectivity index (χ0v) is 15.6. The first-order chi connectivity index (χ1) is 13.0. The van der Waals surface area contributed by atoms with Crippen LogP contribution in [0.4, 0.5) is 10.1 Å². The van der Waals surface area contributed by atoms with Crippen molar-refractivity contribution >= 4 is 17.4 Å². The number of benzene rings is 2. The molecule has 0 aromatic heterocycles. The van der Waals surface area contributed by atoms with Crippen LogP contribution in [0.2, 0.25) is 0 Å². The van der Waals surface area contributed by atoms with Gasteiger partial charge in [0.25, 0.3) is 0 Å². The van der Waals surface area contributed by atoms with Crippen molar-refractivity contribution in [3.8, 4) is 0 Å². The number of carbonyl (C=O) groups excluding carboxylic acids is 2. The monoisotopic (exact) mass is 363 g/mol. The Morgan fingerprint density at radius 2 is 1.78 bits per heavy atom. The molecular weight excluding hydrogens is 341 g/mol. The van der Waals surface area contributed by atoms with E-state index in [-0.39, 0.29) is 23.9 Å². The SMILES string of the molecule is Cc1cccc(N2C(=O)CC(c3ccccc3F)C3=C2CCCC3=O)c1C. The van der Waals surface area contributed by atoms with Gasteiger partial charge in [-0.2, -0.15) is 0 Å². The first-order valence-electron chi connectivity index (χ1n) is 9.39. The minimum Gasteiger partial charge on any atom is -0.294 e. The summed E-state index contributed by atoms with van der Waals surface area (Å²) in [4.78, 5) is 27.7. The second-order valence-corrected chi connectivity index (χ2v) is 7.36. The summed E-state index contributed by atoms with van der Waals surface area (Å²) in [7, 11) is 0. The lowest BCUT2D eigenvalue weighted by Gasteiger charge is -2.39. The van der Waals surface area contributed by atoms with Gasteiger partial charge in [0.1, 0.15) is 5.82 Å². The van der Waals surface area contributed by atoms with Crippen molar-refractivity contribution in [3.63, 3.8) is 0 Å². The molecule has 0 spiro atoms. The average molecular weight is 363 g/mol. The number of hydrogen-bond acceptors (Lipinski definition) is 2. The summed E-state index contributed by atoms with van der Waals surface area (Å²) >= 11 is 0. The molecule has 0 saturated heterocycles. The summed E-state index contributed by atoms with van der Waals surface area (Å²) in [6.45, 7) is 4.00. The number of halogens is 1. The van der Waals surface area contributed by atoms with Crippen LogP contribution >= 0.6 is 0 Å². The zero-order chi connectivity index (χ0) is 19.1. The van der Waals surface area contributed by atoms with Crippen LogP contribution in [0.15, 0.2) is 53.7 Å². The first-order valence-corrected chi connectivity index (χ1v) is 9.39. The number of anilines is 1. The van der Waals surface area contributed by atoms with E-state index in [1.807, 2.05) is 32.0 Å². The Kier molecular flexibility index (Phi) is 4.42. The fraction of sp³-hybridized carbons (Fsp3) is 0.304. The summed E-state index contributed by atoms with van der Waals surface area (Å²) < 4.78 is 14.5. The van der Waals surface area contributed by atoms with Crippen molar-refractivity contribution in [2.24, 2.45) is 0 Å². The van der Waals surface area contributed by atoms with Gasteiger partial charge in [0.2, 0.25) is 5.91 Å². The fourth-order valence-corrected chi connectivity index (χ4v) is 4.27. The maximum atomic E-state index is 14.5. The summed E-state index contributed by atoms with van der Waals surface area (Å²) in [6.07, 6.45) is 1.94. The number of allylic oxidation sites excluding steroid dienone is 2. The van der Waals surface area contributed by atoms with Gasteiger partial charge in [-0.25, -0.2) is 4.39 Å². The molecular formula is C23H22FNO2. The standard InChI is InChI=1S/C23H22FNO2/c1-14-7-5-10-19(15(14)2)25-20-11-6-12-21(26)23(20)17(13-22(25)27)16-8-3-4-9-18(16)24/h3-5,7-10,17H,6,11-13H2,1-2H3. The van der Waals surface area contributed by atoms with Gasteiger partial charge in [-0.1, -0.05) is 30.3 Å². The first kappa shape index (κ1) is 17.7. The fourth-order valence-electron chi connectivity index (χ4n) is 4.27. The van der Waals surface area contributed by atoms with Crippen molar-refractivity contribution < 1.29 is 14.0 Å². The van der Waals surface area contributed by atoms with Crippen LogP contribution in [-0.2, 0) is 9.59 Å². The number of Topliss-reactive ketones (excluding diaryl/α,β-unsaturated/α-hetero) is 1. The number of aryl methyl sites for hydroxylation is 1. The molecule has 4 rings (SSSR count). The quantitative estimate of drug-likeness (QED) is 0.755. The lowest BCUT2D eigenvalue weighted by Crippen LogP contribution is -2.41. The third-order valence-corrected chi connectivity index (χ3v) is 5.77. The number of amides is 1. The molecule has 2 aromatic rings. The number of nitrogens with zero attached hydrogens (tertiary/aromatic N) is 1. The Bertz CT molecular complexity index is 976. The molecule has 0 N–H and O–H groups in total. The summed E-state index contributed by atoms with van der Waals surface area (Å²) in [5.41, 5.74) is 4.76. The van der Waals surface area contributed by atoms with Gasteiger partial charge in [-0.3, -0.25) is 14.5 Å². The molecule has 2 aromatic carbocycles. The Balaban J connectivity index is 1.92. The van der Waals surface area contributed by atoms with E-state index in [9.17, 15) is 14.0 Å². The van der Waals surface area contributed by atoms with Gasteiger partial charge in [-0.05, 0) is 55.5 Å². The normalized spacial score (nSPS) is 20.1. The minimum absolute atomic E-state index is 0.0345. The molecule has 1 heterocycles. The van der Waals surface area contributed by atoms with Gasteiger partial charge in [0.05, 0.1) is 5.69 Å². The van der Waals surface area contributed by atoms with E-state index in [0.29, 0.717) is 24.0 Å². The molecule has 0 fully saturated rings. The van der Waals surface area contributed by atoms with Gasteiger partial charge >= 0.3 is 0 Å². The van der Waals surface area contributed by atoms with Crippen LogP contribution in [0.5, 0.6) is 0 Å². The van der Waals surface area contributed by atoms with Crippen LogP contribution < -0.4 is 4.90 Å². The van der Waals surface area contributed by atoms with E-state index in [0.717, 1.165) is 28.9 Å². The van der Waals surface area contributed by atoms with Crippen LogP contribution in [0.25, 0.3) is 0 Å². The Morgan fingerprint density at radius 3 is 2.56 bits per heavy atom. The highest BCUT2D eigenvalue weighted by Crippen LogP contribution is 2.44. The van der Waals surface area contributed by atoms with Gasteiger partial charge in [-0.15, -0.1) is 0 Å². The smallest absolute Gasteiger partial charge is 0.232 e. The van der Waals surface area contributed by atoms with Crippen LogP contribution in [-0.4, -0.2) is 11.7 Å². The predicted octanol–water partition coefficient (Wildman–Crippen LogP) is 4.97. The van der Waals surface area contributed by atoms with E-state index in [4.69, 9.17) is 0 Å². The largest absolute Gasteiger partial charge is 0.294 e. The molecule has 138 valence electrons. The second-order valence-electron chi connectivity index (χ2n) is 7.36. The predicted molar refractivity (Wildman–Crippen MR) is 103 cm³/mol. The van der Waals surface area contributed by atoms with Crippen molar-refractivity contribution in [1.29, 1.82) is 0 Å². The lowest BCUT2D eigenvalue weighted by molar-refractivity contribution is -0.119. The molecule has 0 bridgehead atoms. The highest BCUT2D eigenvalue weighted by Gasteiger charge is 2.40. The van der Waals surface area contributed by atoms with Crippen molar-refractivity contribution in [2.75, 3.05) is 4.90 Å². The molecule has 0 radical (unpaired) electrons. The van der Waals surface area contributed by atoms with Gasteiger partial charge in [0.15, 0.2) is 5.78 Å². The van der Waals surface area contributed by atoms with E-state index in [2.05, 4.69) is 0 Å². The maximum absolute atomic E-state index is 14.5. The van der Waals surface area contributed by atoms with Crippen LogP contribution in [0.3, 0.4) is 0 Å². The van der Waals surface area contributed by atoms with Gasteiger partial charge < -0.3 is 0 Å². The topological polar surface area (TPSA) is 37.4 Å². The molecule has 3 nitrogen and oxygen atoms in total. The number of carbonyl (C=O) groups is 2. The molecule has 1 unspecified atom stereocenters. The lowest BCUT2D eigenvalue weighted by atomic mass is 9.77. The molecule has 2 aliphatic rings. The number of hydrogen-bond donors (Lipinski definition) is 0. The van der Waals surface area contributed by atoms with E-state index < -0.39 is 5.92 Å². The molecule has 1 atom stereocenters. The number of ketones is 1. The van der Waals surface area contributed by atoms with Crippen LogP contribution in [0.1, 0.15) is 48.3 Å². The average Bonchev–Trinajstić information content (AvgIpc) is 2.65. The Hall–Kier alpha value is -2.75. The highest BCUT2D eigenvalue weighted by atomic mass is 19.1. The van der Waals surface area contributed by atoms with Crippen molar-refractivity contribution in [3.05, 3.63) is 76.2 Å². The zero-order valence-electron chi connectivity index (χ0n) is 15.6. The number of rotatable bonds is 2. The van der Waals surface area contributed by atoms with Gasteiger partial charge in [0, 0.05) is 30.0 Å². The van der Waals surface area contributed by atoms with E-state index >= 15 is 0 Å². The second kappa shape index (κ2) is 6.76. The van der Waals surface area contributed by atoms with Crippen molar-refractivity contribution in [2.45, 2.75) is 45.4 Å². The molecule has 0 saturated carbocycles. The Morgan fingerprint density at radius 1 is 1.00 bits per heavy atom. The third kappa shape index (κ3) is 2.89. The third-order valence-electron chi connectivity index (χ3n) is 5.77. The summed E-state index contributed by atoms with van der Waals surface area (Å²) in [5.74, 6) is -0.902. The van der Waals surface area contributed by atoms with E-state index in [1.54, 1.807) is 23.1 Å². The maximum Gasteiger partial charge on any atom is 0.232 e. The van der Waals surface area contributed by atoms with E-state index in [1.165, 1.54) is 6.07 Å². The summed E-state index contributed by atoms with van der Waals surface area (Å²) in [5, 5.41) is 0. The van der Waals surface area contributed by atoms with Crippen molar-refractivity contribution in [1.82, 2.24) is 0 Å². The molecule has 27 heavy (non-hydrogen) atoms. The van der Waals surface area contributed by atoms with Crippen LogP contribution in [0, 0.1) is 19.7 Å². The minimum atomic E-state index is -0.497. The molecule has 4 heteroatoms. The molecule has 1 aliphatic carbocycles. The molecule has 1 aliphatic heterocycles. The Labute approximate surface area is 158 Å².